The molecule has 0 aliphatic carbocycles. The molecular weight excluding hydrogens is 182 g/mol. The Morgan fingerprint density at radius 1 is 1.23 bits per heavy atom. The summed E-state index contributed by atoms with van der Waals surface area (Å²) >= 11 is 1.63. The van der Waals surface area contributed by atoms with Crippen LogP contribution in [0.3, 0.4) is 0 Å². The van der Waals surface area contributed by atoms with E-state index in [0.29, 0.717) is 5.82 Å². The predicted octanol–water partition coefficient (Wildman–Crippen LogP) is 2.47. The average Bonchev–Trinajstić information content (AvgIpc) is 2.57. The summed E-state index contributed by atoms with van der Waals surface area (Å²) in [7, 11) is 0. The Morgan fingerprint density at radius 2 is 2.15 bits per heavy atom. The molecule has 0 aromatic carbocycles. The highest BCUT2D eigenvalue weighted by Crippen LogP contribution is 2.20. The van der Waals surface area contributed by atoms with Crippen LogP contribution in [0, 0.1) is 0 Å². The standard InChI is InChI=1S/C9H9N3S/c10-7-3-1-4-8(11-7)12-9-5-2-6-13-9/h1-6H,(H3,10,11,12). The molecule has 3 nitrogen and oxygen atoms in total. The summed E-state index contributed by atoms with van der Waals surface area (Å²) in [4.78, 5) is 4.12. The topological polar surface area (TPSA) is 50.9 Å². The first-order valence-corrected chi connectivity index (χ1v) is 4.75. The van der Waals surface area contributed by atoms with Crippen LogP contribution >= 0.6 is 11.3 Å². The molecule has 2 aromatic rings. The molecule has 13 heavy (non-hydrogen) atoms. The number of nitrogens with two attached hydrogens (primary N) is 1. The van der Waals surface area contributed by atoms with E-state index in [9.17, 15) is 0 Å². The maximum Gasteiger partial charge on any atom is 0.133 e. The molecule has 0 saturated heterocycles. The normalized spacial score (nSPS) is 9.85. The van der Waals surface area contributed by atoms with Crippen molar-refractivity contribution < 1.29 is 0 Å². The zero-order valence-corrected chi connectivity index (χ0v) is 7.71. The van der Waals surface area contributed by atoms with Gasteiger partial charge >= 0.3 is 0 Å². The van der Waals surface area contributed by atoms with Gasteiger partial charge in [0, 0.05) is 0 Å². The Bertz CT molecular complexity index is 384. The number of hydrogen-bond donors (Lipinski definition) is 2. The largest absolute Gasteiger partial charge is 0.384 e. The van der Waals surface area contributed by atoms with Crippen LogP contribution in [0.5, 0.6) is 0 Å². The van der Waals surface area contributed by atoms with Crippen molar-refractivity contribution in [2.24, 2.45) is 0 Å². The van der Waals surface area contributed by atoms with Crippen molar-refractivity contribution in [1.29, 1.82) is 0 Å². The second-order valence-electron chi connectivity index (χ2n) is 2.55. The molecule has 2 aromatic heterocycles. The van der Waals surface area contributed by atoms with E-state index in [1.807, 2.05) is 29.6 Å². The van der Waals surface area contributed by atoms with E-state index < -0.39 is 0 Å². The van der Waals surface area contributed by atoms with Gasteiger partial charge in [0.15, 0.2) is 0 Å². The van der Waals surface area contributed by atoms with E-state index in [1.165, 1.54) is 0 Å². The molecule has 0 amide bonds. The highest BCUT2D eigenvalue weighted by Gasteiger charge is 1.95. The molecule has 0 radical (unpaired) electrons. The number of rotatable bonds is 2. The first-order valence-electron chi connectivity index (χ1n) is 3.88. The smallest absolute Gasteiger partial charge is 0.133 e. The van der Waals surface area contributed by atoms with Crippen molar-refractivity contribution in [3.8, 4) is 0 Å². The van der Waals surface area contributed by atoms with E-state index in [-0.39, 0.29) is 0 Å². The first kappa shape index (κ1) is 8.07. The van der Waals surface area contributed by atoms with Crippen LogP contribution in [0.4, 0.5) is 16.6 Å². The zero-order valence-electron chi connectivity index (χ0n) is 6.90. The molecule has 3 N–H and O–H groups in total. The molecule has 66 valence electrons. The van der Waals surface area contributed by atoms with Gasteiger partial charge in [-0.15, -0.1) is 11.3 Å². The number of anilines is 3. The van der Waals surface area contributed by atoms with Gasteiger partial charge in [-0.25, -0.2) is 4.98 Å². The number of aromatic nitrogens is 1. The summed E-state index contributed by atoms with van der Waals surface area (Å²) in [5.41, 5.74) is 5.54. The van der Waals surface area contributed by atoms with Crippen LogP contribution in [0.25, 0.3) is 0 Å². The molecular formula is C9H9N3S. The van der Waals surface area contributed by atoms with E-state index in [0.717, 1.165) is 10.8 Å². The minimum atomic E-state index is 0.529. The van der Waals surface area contributed by atoms with Crippen LogP contribution in [0.2, 0.25) is 0 Å². The lowest BCUT2D eigenvalue weighted by atomic mass is 10.4. The third-order valence-electron chi connectivity index (χ3n) is 1.54. The van der Waals surface area contributed by atoms with Gasteiger partial charge in [-0.2, -0.15) is 0 Å². The molecule has 0 bridgehead atoms. The number of thiophene rings is 1. The van der Waals surface area contributed by atoms with Gasteiger partial charge in [-0.1, -0.05) is 6.07 Å². The third-order valence-corrected chi connectivity index (χ3v) is 2.33. The van der Waals surface area contributed by atoms with Crippen LogP contribution in [0.15, 0.2) is 35.7 Å². The van der Waals surface area contributed by atoms with Crippen molar-refractivity contribution in [1.82, 2.24) is 4.98 Å². The fraction of sp³-hybridized carbons (Fsp3) is 0. The second-order valence-corrected chi connectivity index (χ2v) is 3.50. The third kappa shape index (κ3) is 1.97. The summed E-state index contributed by atoms with van der Waals surface area (Å²) in [5.74, 6) is 1.31. The molecule has 0 atom stereocenters. The monoisotopic (exact) mass is 191 g/mol. The summed E-state index contributed by atoms with van der Waals surface area (Å²) in [6.07, 6.45) is 0. The van der Waals surface area contributed by atoms with Gasteiger partial charge in [-0.3, -0.25) is 0 Å². The Labute approximate surface area is 80.2 Å². The highest BCUT2D eigenvalue weighted by atomic mass is 32.1. The van der Waals surface area contributed by atoms with E-state index >= 15 is 0 Å². The van der Waals surface area contributed by atoms with E-state index in [1.54, 1.807) is 17.4 Å². The van der Waals surface area contributed by atoms with Crippen molar-refractivity contribution >= 4 is 28.0 Å². The minimum Gasteiger partial charge on any atom is -0.384 e. The van der Waals surface area contributed by atoms with Crippen molar-refractivity contribution in [2.75, 3.05) is 11.1 Å². The number of nitrogens with zero attached hydrogens (tertiary/aromatic N) is 1. The Balaban J connectivity index is 2.19. The fourth-order valence-corrected chi connectivity index (χ4v) is 1.62. The Morgan fingerprint density at radius 3 is 2.85 bits per heavy atom. The first-order chi connectivity index (χ1) is 6.34. The SMILES string of the molecule is Nc1cccc(Nc2cccs2)n1. The van der Waals surface area contributed by atoms with Crippen LogP contribution in [-0.4, -0.2) is 4.98 Å². The maximum atomic E-state index is 5.54. The van der Waals surface area contributed by atoms with Crippen molar-refractivity contribution in [2.45, 2.75) is 0 Å². The lowest BCUT2D eigenvalue weighted by Gasteiger charge is -2.01. The Hall–Kier alpha value is -1.55. The lowest BCUT2D eigenvalue weighted by molar-refractivity contribution is 1.32. The van der Waals surface area contributed by atoms with Gasteiger partial charge in [0.25, 0.3) is 0 Å². The molecule has 0 aliphatic heterocycles. The number of hydrogen-bond acceptors (Lipinski definition) is 4. The summed E-state index contributed by atoms with van der Waals surface area (Å²) in [6, 6.07) is 9.50. The Kier molecular flexibility index (Phi) is 2.14. The van der Waals surface area contributed by atoms with Gasteiger partial charge in [0.05, 0.1) is 5.00 Å². The molecule has 4 heteroatoms. The molecule has 0 fully saturated rings. The highest BCUT2D eigenvalue weighted by molar-refractivity contribution is 7.14. The van der Waals surface area contributed by atoms with Gasteiger partial charge in [0.1, 0.15) is 11.6 Å². The molecule has 2 heterocycles. The zero-order chi connectivity index (χ0) is 9.10. The predicted molar refractivity (Wildman–Crippen MR) is 56.3 cm³/mol. The molecule has 0 aliphatic rings. The summed E-state index contributed by atoms with van der Waals surface area (Å²) < 4.78 is 0. The molecule has 0 unspecified atom stereocenters. The van der Waals surface area contributed by atoms with E-state index in [4.69, 9.17) is 5.73 Å². The summed E-state index contributed by atoms with van der Waals surface area (Å²) in [6.45, 7) is 0. The summed E-state index contributed by atoms with van der Waals surface area (Å²) in [5, 5.41) is 6.23. The van der Waals surface area contributed by atoms with Crippen LogP contribution in [0.1, 0.15) is 0 Å². The quantitative estimate of drug-likeness (QED) is 0.766. The number of nitrogens with one attached hydrogen (secondary N) is 1. The lowest BCUT2D eigenvalue weighted by Crippen LogP contribution is -1.94. The van der Waals surface area contributed by atoms with Gasteiger partial charge < -0.3 is 11.1 Å². The maximum absolute atomic E-state index is 5.54. The molecule has 2 rings (SSSR count). The fourth-order valence-electron chi connectivity index (χ4n) is 0.997. The number of pyridine rings is 1. The second kappa shape index (κ2) is 3.45. The van der Waals surface area contributed by atoms with Crippen LogP contribution < -0.4 is 11.1 Å². The molecule has 0 spiro atoms. The van der Waals surface area contributed by atoms with Crippen LogP contribution in [-0.2, 0) is 0 Å². The van der Waals surface area contributed by atoms with E-state index in [2.05, 4.69) is 10.3 Å². The van der Waals surface area contributed by atoms with Crippen molar-refractivity contribution in [3.63, 3.8) is 0 Å². The minimum absolute atomic E-state index is 0.529. The van der Waals surface area contributed by atoms with Crippen molar-refractivity contribution in [3.05, 3.63) is 35.7 Å². The van der Waals surface area contributed by atoms with Gasteiger partial charge in [0.2, 0.25) is 0 Å². The average molecular weight is 191 g/mol. The molecule has 0 saturated carbocycles. The number of nitrogen functional groups attached to an aromatic ring is 1. The van der Waals surface area contributed by atoms with Gasteiger partial charge in [-0.05, 0) is 29.6 Å².